The van der Waals surface area contributed by atoms with E-state index in [9.17, 15) is 14.9 Å². The molecule has 0 aromatic heterocycles. The predicted octanol–water partition coefficient (Wildman–Crippen LogP) is 2.88. The molecule has 2 aliphatic rings. The Hall–Kier alpha value is -2.43. The number of allylic oxidation sites excluding steroid dienone is 4. The highest BCUT2D eigenvalue weighted by atomic mass is 16.6. The lowest BCUT2D eigenvalue weighted by molar-refractivity contribution is -0.384. The predicted molar refractivity (Wildman–Crippen MR) is 72.2 cm³/mol. The van der Waals surface area contributed by atoms with Gasteiger partial charge in [0.25, 0.3) is 5.69 Å². The summed E-state index contributed by atoms with van der Waals surface area (Å²) in [7, 11) is 0. The van der Waals surface area contributed by atoms with E-state index in [1.165, 1.54) is 24.3 Å². The molecule has 3 rings (SSSR count). The molecule has 0 radical (unpaired) electrons. The summed E-state index contributed by atoms with van der Waals surface area (Å²) in [5, 5.41) is 10.5. The minimum Gasteiger partial charge on any atom is -0.462 e. The number of carbonyl (C=O) groups excluding carboxylic acids is 1. The van der Waals surface area contributed by atoms with Crippen LogP contribution in [0, 0.1) is 21.4 Å². The molecule has 5 nitrogen and oxygen atoms in total. The molecule has 0 bridgehead atoms. The van der Waals surface area contributed by atoms with E-state index in [1.807, 2.05) is 12.2 Å². The highest BCUT2D eigenvalue weighted by molar-refractivity contribution is 5.89. The van der Waals surface area contributed by atoms with Crippen molar-refractivity contribution >= 4 is 11.7 Å². The Bertz CT molecular complexity index is 603. The fraction of sp³-hybridized carbons (Fsp3) is 0.267. The second-order valence-electron chi connectivity index (χ2n) is 5.13. The summed E-state index contributed by atoms with van der Waals surface area (Å²) >= 11 is 0. The van der Waals surface area contributed by atoms with E-state index in [-0.39, 0.29) is 11.1 Å². The van der Waals surface area contributed by atoms with E-state index in [0.717, 1.165) is 6.42 Å². The van der Waals surface area contributed by atoms with Gasteiger partial charge in [-0.2, -0.15) is 0 Å². The summed E-state index contributed by atoms with van der Waals surface area (Å²) in [4.78, 5) is 21.9. The molecule has 1 saturated carbocycles. The SMILES string of the molecule is O=C(OC[C@H]1CC12C=CC=C2)c1ccc([N+](=O)[O-])cc1. The topological polar surface area (TPSA) is 69.4 Å². The average Bonchev–Trinajstić information content (AvgIpc) is 2.89. The smallest absolute Gasteiger partial charge is 0.338 e. The molecule has 1 spiro atoms. The highest BCUT2D eigenvalue weighted by Crippen LogP contribution is 2.56. The Morgan fingerprint density at radius 1 is 1.30 bits per heavy atom. The van der Waals surface area contributed by atoms with Crippen molar-refractivity contribution in [3.63, 3.8) is 0 Å². The van der Waals surface area contributed by atoms with Crippen molar-refractivity contribution < 1.29 is 14.5 Å². The number of rotatable bonds is 4. The lowest BCUT2D eigenvalue weighted by Crippen LogP contribution is -2.09. The van der Waals surface area contributed by atoms with Crippen molar-refractivity contribution in [2.75, 3.05) is 6.61 Å². The first-order chi connectivity index (χ1) is 9.61. The molecule has 1 fully saturated rings. The number of ether oxygens (including phenoxy) is 1. The maximum atomic E-state index is 11.8. The second-order valence-corrected chi connectivity index (χ2v) is 5.13. The summed E-state index contributed by atoms with van der Waals surface area (Å²) < 4.78 is 5.26. The molecule has 1 aromatic carbocycles. The zero-order chi connectivity index (χ0) is 14.2. The van der Waals surface area contributed by atoms with Crippen molar-refractivity contribution in [3.05, 3.63) is 64.2 Å². The number of esters is 1. The van der Waals surface area contributed by atoms with Gasteiger partial charge >= 0.3 is 5.97 Å². The van der Waals surface area contributed by atoms with Gasteiger partial charge in [0.05, 0.1) is 17.1 Å². The van der Waals surface area contributed by atoms with Gasteiger partial charge in [-0.05, 0) is 18.6 Å². The van der Waals surface area contributed by atoms with Crippen LogP contribution in [-0.2, 0) is 4.74 Å². The molecule has 20 heavy (non-hydrogen) atoms. The quantitative estimate of drug-likeness (QED) is 0.479. The van der Waals surface area contributed by atoms with Crippen molar-refractivity contribution in [2.24, 2.45) is 11.3 Å². The summed E-state index contributed by atoms with van der Waals surface area (Å²) in [6.45, 7) is 0.379. The fourth-order valence-electron chi connectivity index (χ4n) is 2.49. The van der Waals surface area contributed by atoms with Gasteiger partial charge in [-0.1, -0.05) is 24.3 Å². The number of nitro benzene ring substituents is 1. The van der Waals surface area contributed by atoms with Gasteiger partial charge in [0, 0.05) is 23.5 Å². The Morgan fingerprint density at radius 3 is 2.55 bits per heavy atom. The molecule has 0 unspecified atom stereocenters. The van der Waals surface area contributed by atoms with Gasteiger partial charge < -0.3 is 4.74 Å². The first kappa shape index (κ1) is 12.6. The van der Waals surface area contributed by atoms with Gasteiger partial charge in [0.2, 0.25) is 0 Å². The largest absolute Gasteiger partial charge is 0.462 e. The maximum Gasteiger partial charge on any atom is 0.338 e. The normalized spacial score (nSPS) is 21.1. The summed E-state index contributed by atoms with van der Waals surface area (Å²) in [6.07, 6.45) is 9.30. The van der Waals surface area contributed by atoms with Crippen LogP contribution in [0.15, 0.2) is 48.6 Å². The number of hydrogen-bond acceptors (Lipinski definition) is 4. The van der Waals surface area contributed by atoms with Crippen LogP contribution in [0.2, 0.25) is 0 Å². The van der Waals surface area contributed by atoms with Crippen LogP contribution in [0.25, 0.3) is 0 Å². The van der Waals surface area contributed by atoms with Crippen molar-refractivity contribution in [1.29, 1.82) is 0 Å². The minimum absolute atomic E-state index is 0.0380. The monoisotopic (exact) mass is 271 g/mol. The summed E-state index contributed by atoms with van der Waals surface area (Å²) in [6, 6.07) is 5.44. The third kappa shape index (κ3) is 2.22. The molecule has 0 N–H and O–H groups in total. The van der Waals surface area contributed by atoms with Crippen LogP contribution in [0.5, 0.6) is 0 Å². The number of carbonyl (C=O) groups is 1. The average molecular weight is 271 g/mol. The molecule has 0 amide bonds. The number of hydrogen-bond donors (Lipinski definition) is 0. The fourth-order valence-corrected chi connectivity index (χ4v) is 2.49. The van der Waals surface area contributed by atoms with Gasteiger partial charge in [-0.3, -0.25) is 10.1 Å². The van der Waals surface area contributed by atoms with Crippen molar-refractivity contribution in [3.8, 4) is 0 Å². The standard InChI is InChI=1S/C15H13NO4/c17-14(11-3-5-13(6-4-11)16(18)19)20-10-12-9-15(12)7-1-2-8-15/h1-8,12H,9-10H2/t12-/m1/s1. The van der Waals surface area contributed by atoms with E-state index < -0.39 is 10.9 Å². The minimum atomic E-state index is -0.498. The third-order valence-electron chi connectivity index (χ3n) is 3.85. The van der Waals surface area contributed by atoms with Crippen LogP contribution in [-0.4, -0.2) is 17.5 Å². The lowest BCUT2D eigenvalue weighted by Gasteiger charge is -2.06. The van der Waals surface area contributed by atoms with Crippen LogP contribution in [0.3, 0.4) is 0 Å². The van der Waals surface area contributed by atoms with Crippen LogP contribution >= 0.6 is 0 Å². The zero-order valence-corrected chi connectivity index (χ0v) is 10.7. The molecular formula is C15H13NO4. The molecule has 0 heterocycles. The molecular weight excluding hydrogens is 258 g/mol. The molecule has 1 aromatic rings. The number of benzene rings is 1. The van der Waals surface area contributed by atoms with Gasteiger partial charge in [0.15, 0.2) is 0 Å². The third-order valence-corrected chi connectivity index (χ3v) is 3.85. The Morgan fingerprint density at radius 2 is 1.95 bits per heavy atom. The summed E-state index contributed by atoms with van der Waals surface area (Å²) in [5.74, 6) is -0.0904. The Labute approximate surface area is 115 Å². The molecule has 1 atom stereocenters. The van der Waals surface area contributed by atoms with E-state index in [2.05, 4.69) is 12.2 Å². The maximum absolute atomic E-state index is 11.8. The van der Waals surface area contributed by atoms with Crippen LogP contribution < -0.4 is 0 Å². The molecule has 0 saturated heterocycles. The highest BCUT2D eigenvalue weighted by Gasteiger charge is 2.51. The molecule has 0 aliphatic heterocycles. The first-order valence-electron chi connectivity index (χ1n) is 6.39. The van der Waals surface area contributed by atoms with Gasteiger partial charge in [-0.25, -0.2) is 4.79 Å². The van der Waals surface area contributed by atoms with E-state index in [4.69, 9.17) is 4.74 Å². The Balaban J connectivity index is 1.56. The van der Waals surface area contributed by atoms with E-state index >= 15 is 0 Å². The van der Waals surface area contributed by atoms with E-state index in [1.54, 1.807) is 0 Å². The van der Waals surface area contributed by atoms with E-state index in [0.29, 0.717) is 18.1 Å². The first-order valence-corrected chi connectivity index (χ1v) is 6.39. The Kier molecular flexibility index (Phi) is 2.89. The molecule has 5 heteroatoms. The zero-order valence-electron chi connectivity index (χ0n) is 10.7. The van der Waals surface area contributed by atoms with Crippen LogP contribution in [0.4, 0.5) is 5.69 Å². The van der Waals surface area contributed by atoms with Crippen LogP contribution in [0.1, 0.15) is 16.8 Å². The molecule has 2 aliphatic carbocycles. The lowest BCUT2D eigenvalue weighted by atomic mass is 10.1. The number of nitrogens with zero attached hydrogens (tertiary/aromatic N) is 1. The van der Waals surface area contributed by atoms with Gasteiger partial charge in [-0.15, -0.1) is 0 Å². The second kappa shape index (κ2) is 4.59. The molecule has 102 valence electrons. The van der Waals surface area contributed by atoms with Crippen molar-refractivity contribution in [1.82, 2.24) is 0 Å². The summed E-state index contributed by atoms with van der Waals surface area (Å²) in [5.41, 5.74) is 0.405. The number of non-ortho nitro benzene ring substituents is 1. The number of nitro groups is 1. The van der Waals surface area contributed by atoms with Gasteiger partial charge in [0.1, 0.15) is 0 Å². The van der Waals surface area contributed by atoms with Crippen molar-refractivity contribution in [2.45, 2.75) is 6.42 Å².